The number of fused-ring (bicyclic) bond motifs is 1. The summed E-state index contributed by atoms with van der Waals surface area (Å²) in [5.41, 5.74) is 3.86. The maximum absolute atomic E-state index is 5.42. The fourth-order valence-electron chi connectivity index (χ4n) is 2.45. The molecule has 0 saturated carbocycles. The molecule has 3 aromatic rings. The van der Waals surface area contributed by atoms with Crippen LogP contribution in [0.3, 0.4) is 0 Å². The lowest BCUT2D eigenvalue weighted by Gasteiger charge is -2.13. The van der Waals surface area contributed by atoms with Gasteiger partial charge in [0.2, 0.25) is 0 Å². The number of hydrogen-bond acceptors (Lipinski definition) is 4. The molecule has 0 atom stereocenters. The topological polar surface area (TPSA) is 44.2 Å². The Morgan fingerprint density at radius 2 is 1.67 bits per heavy atom. The number of ether oxygens (including phenoxy) is 2. The quantitative estimate of drug-likeness (QED) is 0.735. The zero-order valence-electron chi connectivity index (χ0n) is 12.3. The van der Waals surface area contributed by atoms with Crippen molar-refractivity contribution >= 4 is 10.9 Å². The van der Waals surface area contributed by atoms with Gasteiger partial charge in [-0.15, -0.1) is 0 Å². The summed E-state index contributed by atoms with van der Waals surface area (Å²) in [5, 5.41) is 1.03. The molecular formula is C17H16N2O2. The van der Waals surface area contributed by atoms with Crippen LogP contribution in [-0.4, -0.2) is 24.2 Å². The van der Waals surface area contributed by atoms with Crippen LogP contribution in [0.15, 0.2) is 42.7 Å². The average molecular weight is 280 g/mol. The SMILES string of the molecule is COc1cnccc1-c1ccc(OC)c2nc(C)ccc12. The standard InChI is InChI=1S/C17H16N2O2/c1-11-4-5-14-12(6-7-15(20-2)17(14)19-11)13-8-9-18-10-16(13)21-3/h4-10H,1-3H3. The van der Waals surface area contributed by atoms with Crippen molar-refractivity contribution in [3.05, 3.63) is 48.4 Å². The number of rotatable bonds is 3. The minimum Gasteiger partial charge on any atom is -0.494 e. The molecule has 3 rings (SSSR count). The number of pyridine rings is 2. The Bertz CT molecular complexity index is 800. The Kier molecular flexibility index (Phi) is 3.44. The summed E-state index contributed by atoms with van der Waals surface area (Å²) in [6.07, 6.45) is 3.47. The van der Waals surface area contributed by atoms with Crippen LogP contribution in [0, 0.1) is 6.92 Å². The van der Waals surface area contributed by atoms with Crippen LogP contribution in [0.4, 0.5) is 0 Å². The van der Waals surface area contributed by atoms with E-state index < -0.39 is 0 Å². The molecule has 0 N–H and O–H groups in total. The van der Waals surface area contributed by atoms with Crippen molar-refractivity contribution in [3.63, 3.8) is 0 Å². The summed E-state index contributed by atoms with van der Waals surface area (Å²) in [7, 11) is 3.31. The van der Waals surface area contributed by atoms with Crippen molar-refractivity contribution in [3.8, 4) is 22.6 Å². The number of nitrogens with zero attached hydrogens (tertiary/aromatic N) is 2. The number of methoxy groups -OCH3 is 2. The van der Waals surface area contributed by atoms with Gasteiger partial charge in [-0.25, -0.2) is 4.98 Å². The first-order chi connectivity index (χ1) is 10.2. The van der Waals surface area contributed by atoms with Crippen molar-refractivity contribution in [1.82, 2.24) is 9.97 Å². The summed E-state index contributed by atoms with van der Waals surface area (Å²) in [4.78, 5) is 8.71. The van der Waals surface area contributed by atoms with Gasteiger partial charge < -0.3 is 9.47 Å². The van der Waals surface area contributed by atoms with Crippen LogP contribution in [0.1, 0.15) is 5.69 Å². The van der Waals surface area contributed by atoms with Crippen molar-refractivity contribution in [2.45, 2.75) is 6.92 Å². The van der Waals surface area contributed by atoms with E-state index in [1.165, 1.54) is 0 Å². The van der Waals surface area contributed by atoms with Gasteiger partial charge in [0.1, 0.15) is 17.0 Å². The van der Waals surface area contributed by atoms with E-state index in [4.69, 9.17) is 9.47 Å². The van der Waals surface area contributed by atoms with E-state index in [1.54, 1.807) is 26.6 Å². The van der Waals surface area contributed by atoms with Crippen LogP contribution in [0.2, 0.25) is 0 Å². The summed E-state index contributed by atoms with van der Waals surface area (Å²) >= 11 is 0. The molecule has 21 heavy (non-hydrogen) atoms. The van der Waals surface area contributed by atoms with E-state index in [0.717, 1.165) is 39.2 Å². The monoisotopic (exact) mass is 280 g/mol. The first-order valence-electron chi connectivity index (χ1n) is 6.67. The molecule has 2 heterocycles. The third-order valence-corrected chi connectivity index (χ3v) is 3.47. The third kappa shape index (κ3) is 2.29. The summed E-state index contributed by atoms with van der Waals surface area (Å²) in [6, 6.07) is 9.97. The molecule has 2 aromatic heterocycles. The second-order valence-electron chi connectivity index (χ2n) is 4.74. The molecule has 106 valence electrons. The first-order valence-corrected chi connectivity index (χ1v) is 6.67. The van der Waals surface area contributed by atoms with Gasteiger partial charge in [0.05, 0.1) is 20.4 Å². The lowest BCUT2D eigenvalue weighted by Crippen LogP contribution is -1.94. The lowest BCUT2D eigenvalue weighted by atomic mass is 10.00. The molecule has 4 nitrogen and oxygen atoms in total. The third-order valence-electron chi connectivity index (χ3n) is 3.47. The Labute approximate surface area is 123 Å². The van der Waals surface area contributed by atoms with E-state index in [1.807, 2.05) is 31.2 Å². The van der Waals surface area contributed by atoms with E-state index >= 15 is 0 Å². The molecule has 0 fully saturated rings. The summed E-state index contributed by atoms with van der Waals surface area (Å²) in [6.45, 7) is 1.97. The molecular weight excluding hydrogens is 264 g/mol. The molecule has 0 aliphatic heterocycles. The summed E-state index contributed by atoms with van der Waals surface area (Å²) in [5.74, 6) is 1.51. The van der Waals surface area contributed by atoms with Crippen molar-refractivity contribution in [2.24, 2.45) is 0 Å². The van der Waals surface area contributed by atoms with Crippen LogP contribution < -0.4 is 9.47 Å². The second-order valence-corrected chi connectivity index (χ2v) is 4.74. The Morgan fingerprint density at radius 3 is 2.43 bits per heavy atom. The molecule has 0 aliphatic carbocycles. The molecule has 1 aromatic carbocycles. The van der Waals surface area contributed by atoms with E-state index in [0.29, 0.717) is 0 Å². The summed E-state index contributed by atoms with van der Waals surface area (Å²) < 4.78 is 10.8. The van der Waals surface area contributed by atoms with E-state index in [2.05, 4.69) is 16.0 Å². The van der Waals surface area contributed by atoms with Crippen molar-refractivity contribution in [2.75, 3.05) is 14.2 Å². The zero-order chi connectivity index (χ0) is 14.8. The molecule has 0 radical (unpaired) electrons. The molecule has 0 amide bonds. The van der Waals surface area contributed by atoms with Gasteiger partial charge in [0.25, 0.3) is 0 Å². The Balaban J connectivity index is 2.34. The molecule has 0 bridgehead atoms. The lowest BCUT2D eigenvalue weighted by molar-refractivity contribution is 0.414. The maximum Gasteiger partial charge on any atom is 0.145 e. The molecule has 4 heteroatoms. The molecule has 0 unspecified atom stereocenters. The highest BCUT2D eigenvalue weighted by Gasteiger charge is 2.13. The van der Waals surface area contributed by atoms with Crippen LogP contribution in [0.25, 0.3) is 22.0 Å². The highest BCUT2D eigenvalue weighted by molar-refractivity contribution is 5.99. The van der Waals surface area contributed by atoms with Crippen LogP contribution in [-0.2, 0) is 0 Å². The minimum absolute atomic E-state index is 0.740. The van der Waals surface area contributed by atoms with Gasteiger partial charge in [0.15, 0.2) is 0 Å². The number of aromatic nitrogens is 2. The van der Waals surface area contributed by atoms with Gasteiger partial charge in [-0.2, -0.15) is 0 Å². The minimum atomic E-state index is 0.740. The van der Waals surface area contributed by atoms with Gasteiger partial charge in [-0.3, -0.25) is 4.98 Å². The van der Waals surface area contributed by atoms with Crippen molar-refractivity contribution in [1.29, 1.82) is 0 Å². The number of hydrogen-bond donors (Lipinski definition) is 0. The predicted molar refractivity (Wildman–Crippen MR) is 82.8 cm³/mol. The normalized spacial score (nSPS) is 10.6. The average Bonchev–Trinajstić information content (AvgIpc) is 2.53. The van der Waals surface area contributed by atoms with Crippen LogP contribution in [0.5, 0.6) is 11.5 Å². The van der Waals surface area contributed by atoms with Crippen molar-refractivity contribution < 1.29 is 9.47 Å². The molecule has 0 spiro atoms. The number of benzene rings is 1. The first kappa shape index (κ1) is 13.4. The largest absolute Gasteiger partial charge is 0.494 e. The fourth-order valence-corrected chi connectivity index (χ4v) is 2.45. The van der Waals surface area contributed by atoms with E-state index in [9.17, 15) is 0 Å². The van der Waals surface area contributed by atoms with Gasteiger partial charge >= 0.3 is 0 Å². The second kappa shape index (κ2) is 5.40. The highest BCUT2D eigenvalue weighted by atomic mass is 16.5. The maximum atomic E-state index is 5.42. The van der Waals surface area contributed by atoms with Gasteiger partial charge in [-0.1, -0.05) is 6.07 Å². The van der Waals surface area contributed by atoms with Gasteiger partial charge in [0, 0.05) is 22.8 Å². The molecule has 0 saturated heterocycles. The van der Waals surface area contributed by atoms with Gasteiger partial charge in [-0.05, 0) is 36.8 Å². The Hall–Kier alpha value is -2.62. The number of aryl methyl sites for hydroxylation is 1. The highest BCUT2D eigenvalue weighted by Crippen LogP contribution is 2.37. The Morgan fingerprint density at radius 1 is 0.857 bits per heavy atom. The zero-order valence-corrected chi connectivity index (χ0v) is 12.3. The molecule has 0 aliphatic rings. The van der Waals surface area contributed by atoms with E-state index in [-0.39, 0.29) is 0 Å². The predicted octanol–water partition coefficient (Wildman–Crippen LogP) is 3.62. The van der Waals surface area contributed by atoms with Crippen LogP contribution >= 0.6 is 0 Å². The fraction of sp³-hybridized carbons (Fsp3) is 0.176. The smallest absolute Gasteiger partial charge is 0.145 e.